The zero-order valence-corrected chi connectivity index (χ0v) is 11.4. The number of methoxy groups -OCH3 is 1. The lowest BCUT2D eigenvalue weighted by atomic mass is 10.2. The molecule has 2 aromatic heterocycles. The Morgan fingerprint density at radius 1 is 0.952 bits per heavy atom. The molecule has 0 aliphatic heterocycles. The van der Waals surface area contributed by atoms with Crippen LogP contribution in [0.1, 0.15) is 0 Å². The average molecular weight is 279 g/mol. The first-order valence-electron chi connectivity index (χ1n) is 6.44. The number of rotatable bonds is 3. The van der Waals surface area contributed by atoms with Crippen LogP contribution in [0.25, 0.3) is 17.1 Å². The number of ether oxygens (including phenoxy) is 1. The summed E-state index contributed by atoms with van der Waals surface area (Å²) in [4.78, 5) is 16.2. The summed E-state index contributed by atoms with van der Waals surface area (Å²) >= 11 is 0. The van der Waals surface area contributed by atoms with E-state index in [2.05, 4.69) is 10.1 Å². The number of benzene rings is 1. The molecule has 2 heterocycles. The van der Waals surface area contributed by atoms with Crippen molar-refractivity contribution in [1.82, 2.24) is 14.8 Å². The molecular weight excluding hydrogens is 266 g/mol. The van der Waals surface area contributed by atoms with Crippen LogP contribution in [0.15, 0.2) is 65.6 Å². The molecule has 104 valence electrons. The van der Waals surface area contributed by atoms with Gasteiger partial charge in [0.2, 0.25) is 0 Å². The van der Waals surface area contributed by atoms with E-state index < -0.39 is 0 Å². The fourth-order valence-corrected chi connectivity index (χ4v) is 1.97. The quantitative estimate of drug-likeness (QED) is 0.738. The van der Waals surface area contributed by atoms with E-state index in [0.717, 1.165) is 11.4 Å². The van der Waals surface area contributed by atoms with Crippen molar-refractivity contribution >= 4 is 0 Å². The SMILES string of the molecule is COc1ccc(-n2nc(-c3ccccn3)ccc2=O)cc1. The van der Waals surface area contributed by atoms with Gasteiger partial charge in [-0.1, -0.05) is 6.07 Å². The summed E-state index contributed by atoms with van der Waals surface area (Å²) in [5, 5.41) is 4.37. The summed E-state index contributed by atoms with van der Waals surface area (Å²) in [6.07, 6.45) is 1.69. The summed E-state index contributed by atoms with van der Waals surface area (Å²) in [6.45, 7) is 0. The Hall–Kier alpha value is -2.95. The summed E-state index contributed by atoms with van der Waals surface area (Å²) in [5.41, 5.74) is 1.85. The molecule has 0 aliphatic rings. The second-order valence-corrected chi connectivity index (χ2v) is 4.38. The molecule has 0 fully saturated rings. The van der Waals surface area contributed by atoms with E-state index in [0.29, 0.717) is 11.4 Å². The van der Waals surface area contributed by atoms with Crippen molar-refractivity contribution in [3.63, 3.8) is 0 Å². The number of hydrogen-bond donors (Lipinski definition) is 0. The lowest BCUT2D eigenvalue weighted by Gasteiger charge is -2.07. The van der Waals surface area contributed by atoms with Crippen molar-refractivity contribution in [3.8, 4) is 22.8 Å². The maximum Gasteiger partial charge on any atom is 0.271 e. The number of aromatic nitrogens is 3. The molecule has 0 unspecified atom stereocenters. The third-order valence-electron chi connectivity index (χ3n) is 3.04. The Labute approximate surface area is 121 Å². The van der Waals surface area contributed by atoms with Crippen LogP contribution in [-0.4, -0.2) is 21.9 Å². The van der Waals surface area contributed by atoms with Crippen LogP contribution >= 0.6 is 0 Å². The highest BCUT2D eigenvalue weighted by molar-refractivity contribution is 5.53. The van der Waals surface area contributed by atoms with E-state index in [4.69, 9.17) is 4.74 Å². The van der Waals surface area contributed by atoms with Crippen LogP contribution in [0.5, 0.6) is 5.75 Å². The standard InChI is InChI=1S/C16H13N3O2/c1-21-13-7-5-12(6-8-13)19-16(20)10-9-15(18-19)14-4-2-3-11-17-14/h2-11H,1H3. The van der Waals surface area contributed by atoms with Crippen LogP contribution in [-0.2, 0) is 0 Å². The van der Waals surface area contributed by atoms with Crippen LogP contribution in [0.4, 0.5) is 0 Å². The highest BCUT2D eigenvalue weighted by Crippen LogP contribution is 2.15. The Balaban J connectivity index is 2.07. The minimum atomic E-state index is -0.195. The van der Waals surface area contributed by atoms with E-state index in [1.54, 1.807) is 43.6 Å². The summed E-state index contributed by atoms with van der Waals surface area (Å²) in [7, 11) is 1.60. The predicted molar refractivity (Wildman–Crippen MR) is 79.6 cm³/mol. The molecule has 1 aromatic carbocycles. The maximum atomic E-state index is 12.0. The van der Waals surface area contributed by atoms with Gasteiger partial charge in [0, 0.05) is 12.3 Å². The number of pyridine rings is 1. The van der Waals surface area contributed by atoms with Crippen molar-refractivity contribution in [2.24, 2.45) is 0 Å². The first-order valence-corrected chi connectivity index (χ1v) is 6.44. The van der Waals surface area contributed by atoms with Crippen molar-refractivity contribution in [2.45, 2.75) is 0 Å². The minimum Gasteiger partial charge on any atom is -0.497 e. The molecule has 0 bridgehead atoms. The van der Waals surface area contributed by atoms with E-state index in [1.165, 1.54) is 10.7 Å². The van der Waals surface area contributed by atoms with Gasteiger partial charge in [-0.05, 0) is 42.5 Å². The van der Waals surface area contributed by atoms with Crippen molar-refractivity contribution in [3.05, 3.63) is 71.1 Å². The molecule has 0 radical (unpaired) electrons. The first-order chi connectivity index (χ1) is 10.3. The zero-order valence-electron chi connectivity index (χ0n) is 11.4. The second kappa shape index (κ2) is 5.58. The van der Waals surface area contributed by atoms with Gasteiger partial charge in [0.15, 0.2) is 0 Å². The van der Waals surface area contributed by atoms with Gasteiger partial charge in [-0.25, -0.2) is 0 Å². The lowest BCUT2D eigenvalue weighted by molar-refractivity contribution is 0.414. The number of hydrogen-bond acceptors (Lipinski definition) is 4. The van der Waals surface area contributed by atoms with Crippen molar-refractivity contribution in [1.29, 1.82) is 0 Å². The molecule has 0 aliphatic carbocycles. The van der Waals surface area contributed by atoms with Gasteiger partial charge in [-0.2, -0.15) is 9.78 Å². The van der Waals surface area contributed by atoms with Gasteiger partial charge in [0.05, 0.1) is 18.5 Å². The summed E-state index contributed by atoms with van der Waals surface area (Å²) < 4.78 is 6.46. The summed E-state index contributed by atoms with van der Waals surface area (Å²) in [6, 6.07) is 15.9. The average Bonchev–Trinajstić information content (AvgIpc) is 2.56. The summed E-state index contributed by atoms with van der Waals surface area (Å²) in [5.74, 6) is 0.729. The molecule has 0 spiro atoms. The zero-order chi connectivity index (χ0) is 14.7. The molecular formula is C16H13N3O2. The van der Waals surface area contributed by atoms with Crippen LogP contribution in [0.3, 0.4) is 0 Å². The second-order valence-electron chi connectivity index (χ2n) is 4.38. The molecule has 5 nitrogen and oxygen atoms in total. The molecule has 3 rings (SSSR count). The number of nitrogens with zero attached hydrogens (tertiary/aromatic N) is 3. The molecule has 5 heteroatoms. The van der Waals surface area contributed by atoms with Crippen LogP contribution in [0.2, 0.25) is 0 Å². The van der Waals surface area contributed by atoms with Gasteiger partial charge in [0.1, 0.15) is 11.4 Å². The van der Waals surface area contributed by atoms with Crippen LogP contribution in [0, 0.1) is 0 Å². The third-order valence-corrected chi connectivity index (χ3v) is 3.04. The van der Waals surface area contributed by atoms with Gasteiger partial charge < -0.3 is 4.74 Å². The Kier molecular flexibility index (Phi) is 3.47. The first kappa shape index (κ1) is 13.1. The fraction of sp³-hybridized carbons (Fsp3) is 0.0625. The molecule has 3 aromatic rings. The molecule has 21 heavy (non-hydrogen) atoms. The van der Waals surface area contributed by atoms with Gasteiger partial charge in [0.25, 0.3) is 5.56 Å². The maximum absolute atomic E-state index is 12.0. The molecule has 0 amide bonds. The molecule has 0 saturated heterocycles. The monoisotopic (exact) mass is 279 g/mol. The van der Waals surface area contributed by atoms with E-state index in [-0.39, 0.29) is 5.56 Å². The van der Waals surface area contributed by atoms with Gasteiger partial charge in [-0.3, -0.25) is 9.78 Å². The van der Waals surface area contributed by atoms with E-state index >= 15 is 0 Å². The Morgan fingerprint density at radius 2 is 1.76 bits per heavy atom. The lowest BCUT2D eigenvalue weighted by Crippen LogP contribution is -2.20. The Morgan fingerprint density at radius 3 is 2.43 bits per heavy atom. The third kappa shape index (κ3) is 2.67. The highest BCUT2D eigenvalue weighted by atomic mass is 16.5. The van der Waals surface area contributed by atoms with Gasteiger partial charge in [-0.15, -0.1) is 0 Å². The predicted octanol–water partition coefficient (Wildman–Crippen LogP) is 2.30. The largest absolute Gasteiger partial charge is 0.497 e. The minimum absolute atomic E-state index is 0.195. The topological polar surface area (TPSA) is 57.0 Å². The van der Waals surface area contributed by atoms with Crippen molar-refractivity contribution < 1.29 is 4.74 Å². The fourth-order valence-electron chi connectivity index (χ4n) is 1.97. The van der Waals surface area contributed by atoms with Crippen LogP contribution < -0.4 is 10.3 Å². The normalized spacial score (nSPS) is 10.3. The van der Waals surface area contributed by atoms with E-state index in [1.807, 2.05) is 18.2 Å². The highest BCUT2D eigenvalue weighted by Gasteiger charge is 2.06. The van der Waals surface area contributed by atoms with E-state index in [9.17, 15) is 4.79 Å². The van der Waals surface area contributed by atoms with Gasteiger partial charge >= 0.3 is 0 Å². The smallest absolute Gasteiger partial charge is 0.271 e. The molecule has 0 saturated carbocycles. The van der Waals surface area contributed by atoms with Crippen molar-refractivity contribution in [2.75, 3.05) is 7.11 Å². The Bertz CT molecular complexity index is 796. The molecule has 0 atom stereocenters. The molecule has 0 N–H and O–H groups in total.